The highest BCUT2D eigenvalue weighted by atomic mass is 32.2. The van der Waals surface area contributed by atoms with Crippen LogP contribution in [-0.4, -0.2) is 30.4 Å². The Balaban J connectivity index is 1.61. The molecule has 2 aromatic carbocycles. The van der Waals surface area contributed by atoms with Gasteiger partial charge in [-0.05, 0) is 36.2 Å². The molecule has 10 heteroatoms. The second-order valence-corrected chi connectivity index (χ2v) is 7.34. The molecule has 0 saturated heterocycles. The van der Waals surface area contributed by atoms with Gasteiger partial charge in [0, 0.05) is 17.6 Å². The fourth-order valence-electron chi connectivity index (χ4n) is 2.42. The Hall–Kier alpha value is -2.88. The molecule has 1 heterocycles. The zero-order valence-corrected chi connectivity index (χ0v) is 14.7. The summed E-state index contributed by atoms with van der Waals surface area (Å²) in [6, 6.07) is 13.3. The Morgan fingerprint density at radius 2 is 1.67 bits per heavy atom. The number of hydrogen-bond donors (Lipinski definition) is 2. The monoisotopic (exact) mass is 396 g/mol. The van der Waals surface area contributed by atoms with Gasteiger partial charge in [0.05, 0.1) is 5.52 Å². The van der Waals surface area contributed by atoms with Crippen molar-refractivity contribution < 1.29 is 21.6 Å². The maximum atomic E-state index is 12.4. The van der Waals surface area contributed by atoms with E-state index in [1.54, 1.807) is 12.1 Å². The summed E-state index contributed by atoms with van der Waals surface area (Å²) in [4.78, 5) is 8.39. The maximum Gasteiger partial charge on any atom is 0.516 e. The van der Waals surface area contributed by atoms with Gasteiger partial charge < -0.3 is 5.32 Å². The predicted molar refractivity (Wildman–Crippen MR) is 96.8 cm³/mol. The number of nitrogens with one attached hydrogen (secondary N) is 2. The molecule has 0 saturated carbocycles. The highest BCUT2D eigenvalue weighted by Crippen LogP contribution is 2.25. The highest BCUT2D eigenvalue weighted by Gasteiger charge is 2.45. The van der Waals surface area contributed by atoms with Gasteiger partial charge >= 0.3 is 15.5 Å². The van der Waals surface area contributed by atoms with Crippen molar-refractivity contribution >= 4 is 32.4 Å². The minimum atomic E-state index is -5.41. The molecule has 6 nitrogen and oxygen atoms in total. The van der Waals surface area contributed by atoms with E-state index in [1.807, 2.05) is 24.3 Å². The van der Waals surface area contributed by atoms with Crippen molar-refractivity contribution in [3.8, 4) is 0 Å². The summed E-state index contributed by atoms with van der Waals surface area (Å²) in [6.07, 6.45) is 2.04. The number of alkyl halides is 3. The molecule has 0 bridgehead atoms. The first-order valence-corrected chi connectivity index (χ1v) is 9.36. The van der Waals surface area contributed by atoms with Crippen LogP contribution < -0.4 is 10.0 Å². The van der Waals surface area contributed by atoms with Gasteiger partial charge in [-0.3, -0.25) is 4.72 Å². The van der Waals surface area contributed by atoms with Gasteiger partial charge in [0.1, 0.15) is 12.1 Å². The minimum absolute atomic E-state index is 0.147. The quantitative estimate of drug-likeness (QED) is 0.666. The average Bonchev–Trinajstić information content (AvgIpc) is 2.62. The lowest BCUT2D eigenvalue weighted by Gasteiger charge is -2.11. The molecule has 0 aliphatic carbocycles. The van der Waals surface area contributed by atoms with Crippen molar-refractivity contribution in [3.05, 3.63) is 60.4 Å². The molecule has 0 amide bonds. The van der Waals surface area contributed by atoms with Gasteiger partial charge in [-0.2, -0.15) is 21.6 Å². The molecule has 3 aromatic rings. The number of hydrogen-bond acceptors (Lipinski definition) is 5. The zero-order valence-electron chi connectivity index (χ0n) is 13.9. The van der Waals surface area contributed by atoms with Crippen LogP contribution in [0.25, 0.3) is 10.9 Å². The molecule has 0 aliphatic rings. The number of benzene rings is 2. The number of aromatic nitrogens is 2. The lowest BCUT2D eigenvalue weighted by atomic mass is 10.1. The van der Waals surface area contributed by atoms with E-state index in [0.717, 1.165) is 16.5 Å². The smallest absolute Gasteiger partial charge is 0.369 e. The number of sulfonamides is 1. The standard InChI is InChI=1S/C17H15F3N4O2S/c18-17(19,20)27(25,26)24-13-7-5-12(6-8-13)9-10-21-16-14-3-1-2-4-15(14)22-11-23-16/h1-8,11,24H,9-10H2,(H,21,22,23). The third kappa shape index (κ3) is 4.45. The van der Waals surface area contributed by atoms with Gasteiger partial charge in [-0.1, -0.05) is 24.3 Å². The van der Waals surface area contributed by atoms with Crippen molar-refractivity contribution in [1.82, 2.24) is 9.97 Å². The molecular weight excluding hydrogens is 381 g/mol. The predicted octanol–water partition coefficient (Wildman–Crippen LogP) is 3.55. The number of halogens is 3. The molecule has 3 rings (SSSR count). The minimum Gasteiger partial charge on any atom is -0.369 e. The number of rotatable bonds is 6. The first kappa shape index (κ1) is 18.9. The first-order valence-electron chi connectivity index (χ1n) is 7.88. The fourth-order valence-corrected chi connectivity index (χ4v) is 2.99. The van der Waals surface area contributed by atoms with Crippen molar-refractivity contribution in [1.29, 1.82) is 0 Å². The second-order valence-electron chi connectivity index (χ2n) is 5.66. The molecule has 27 heavy (non-hydrogen) atoms. The van der Waals surface area contributed by atoms with Gasteiger partial charge in [0.25, 0.3) is 0 Å². The lowest BCUT2D eigenvalue weighted by Crippen LogP contribution is -2.29. The molecule has 2 N–H and O–H groups in total. The van der Waals surface area contributed by atoms with Crippen LogP contribution in [0.5, 0.6) is 0 Å². The van der Waals surface area contributed by atoms with E-state index in [1.165, 1.54) is 23.2 Å². The molecule has 0 spiro atoms. The second kappa shape index (κ2) is 7.39. The Morgan fingerprint density at radius 3 is 2.37 bits per heavy atom. The van der Waals surface area contributed by atoms with E-state index in [0.29, 0.717) is 18.8 Å². The maximum absolute atomic E-state index is 12.4. The summed E-state index contributed by atoms with van der Waals surface area (Å²) in [7, 11) is -5.41. The third-order valence-electron chi connectivity index (χ3n) is 3.76. The van der Waals surface area contributed by atoms with Crippen LogP contribution in [0.15, 0.2) is 54.9 Å². The van der Waals surface area contributed by atoms with E-state index in [2.05, 4.69) is 15.3 Å². The van der Waals surface area contributed by atoms with Crippen molar-refractivity contribution in [2.75, 3.05) is 16.6 Å². The summed E-state index contributed by atoms with van der Waals surface area (Å²) in [6.45, 7) is 0.536. The highest BCUT2D eigenvalue weighted by molar-refractivity contribution is 7.93. The van der Waals surface area contributed by atoms with E-state index in [4.69, 9.17) is 0 Å². The first-order chi connectivity index (χ1) is 12.8. The largest absolute Gasteiger partial charge is 0.516 e. The van der Waals surface area contributed by atoms with Crippen LogP contribution in [0, 0.1) is 0 Å². The zero-order chi connectivity index (χ0) is 19.5. The molecule has 0 atom stereocenters. The topological polar surface area (TPSA) is 84.0 Å². The molecule has 0 unspecified atom stereocenters. The normalized spacial score (nSPS) is 12.1. The van der Waals surface area contributed by atoms with Crippen LogP contribution in [0.3, 0.4) is 0 Å². The van der Waals surface area contributed by atoms with Gasteiger partial charge in [-0.15, -0.1) is 0 Å². The van der Waals surface area contributed by atoms with Gasteiger partial charge in [-0.25, -0.2) is 9.97 Å². The van der Waals surface area contributed by atoms with Crippen LogP contribution in [0.1, 0.15) is 5.56 Å². The Morgan fingerprint density at radius 1 is 0.963 bits per heavy atom. The van der Waals surface area contributed by atoms with Crippen LogP contribution in [0.4, 0.5) is 24.7 Å². The molecule has 0 fully saturated rings. The molecule has 0 aliphatic heterocycles. The summed E-state index contributed by atoms with van der Waals surface area (Å²) in [5.41, 5.74) is -3.85. The average molecular weight is 396 g/mol. The van der Waals surface area contributed by atoms with Gasteiger partial charge in [0.2, 0.25) is 0 Å². The van der Waals surface area contributed by atoms with Crippen LogP contribution >= 0.6 is 0 Å². The fraction of sp³-hybridized carbons (Fsp3) is 0.176. The Labute approximate surface area is 153 Å². The lowest BCUT2D eigenvalue weighted by molar-refractivity contribution is -0.0429. The van der Waals surface area contributed by atoms with E-state index >= 15 is 0 Å². The number of para-hydroxylation sites is 1. The van der Waals surface area contributed by atoms with Crippen LogP contribution in [0.2, 0.25) is 0 Å². The van der Waals surface area contributed by atoms with E-state index < -0.39 is 15.5 Å². The van der Waals surface area contributed by atoms with E-state index in [9.17, 15) is 21.6 Å². The molecular formula is C17H15F3N4O2S. The molecule has 1 aromatic heterocycles. The van der Waals surface area contributed by atoms with E-state index in [-0.39, 0.29) is 5.69 Å². The summed E-state index contributed by atoms with van der Waals surface area (Å²) < 4.78 is 60.8. The van der Waals surface area contributed by atoms with Crippen molar-refractivity contribution in [3.63, 3.8) is 0 Å². The Kier molecular flexibility index (Phi) is 5.17. The third-order valence-corrected chi connectivity index (χ3v) is 4.87. The van der Waals surface area contributed by atoms with Crippen molar-refractivity contribution in [2.45, 2.75) is 11.9 Å². The number of anilines is 2. The molecule has 142 valence electrons. The summed E-state index contributed by atoms with van der Waals surface area (Å²) >= 11 is 0. The summed E-state index contributed by atoms with van der Waals surface area (Å²) in [5.74, 6) is 0.690. The van der Waals surface area contributed by atoms with Crippen molar-refractivity contribution in [2.24, 2.45) is 0 Å². The molecule has 0 radical (unpaired) electrons. The SMILES string of the molecule is O=S(=O)(Nc1ccc(CCNc2ncnc3ccccc23)cc1)C(F)(F)F. The van der Waals surface area contributed by atoms with Gasteiger partial charge in [0.15, 0.2) is 0 Å². The number of fused-ring (bicyclic) bond motifs is 1. The Bertz CT molecular complexity index is 1030. The van der Waals surface area contributed by atoms with Crippen LogP contribution in [-0.2, 0) is 16.4 Å². The number of nitrogens with zero attached hydrogens (tertiary/aromatic N) is 2. The summed E-state index contributed by atoms with van der Waals surface area (Å²) in [5, 5.41) is 4.08.